The van der Waals surface area contributed by atoms with Crippen molar-refractivity contribution < 1.29 is 9.53 Å². The van der Waals surface area contributed by atoms with Gasteiger partial charge in [0.05, 0.1) is 7.11 Å². The largest absolute Gasteiger partial charge is 0.468 e. The summed E-state index contributed by atoms with van der Waals surface area (Å²) < 4.78 is 4.65. The number of halogens is 1. The molecule has 0 amide bonds. The van der Waals surface area contributed by atoms with E-state index < -0.39 is 0 Å². The lowest BCUT2D eigenvalue weighted by Crippen LogP contribution is -2.36. The first kappa shape index (κ1) is 16.9. The van der Waals surface area contributed by atoms with Gasteiger partial charge in [0, 0.05) is 12.6 Å². The summed E-state index contributed by atoms with van der Waals surface area (Å²) in [7, 11) is 3.65. The van der Waals surface area contributed by atoms with Crippen LogP contribution in [-0.4, -0.2) is 55.5 Å². The van der Waals surface area contributed by atoms with Crippen molar-refractivity contribution in [3.05, 3.63) is 0 Å². The Balaban J connectivity index is 2.02. The fourth-order valence-electron chi connectivity index (χ4n) is 2.60. The summed E-state index contributed by atoms with van der Waals surface area (Å²) in [5.74, 6) is -0.216. The number of carbonyl (C=O) groups is 1. The van der Waals surface area contributed by atoms with Gasteiger partial charge >= 0.3 is 5.97 Å². The van der Waals surface area contributed by atoms with Gasteiger partial charge in [-0.2, -0.15) is 0 Å². The SMILES string of the molecule is COC(=O)C(Br)CNCCCN(C)C1CCCCC1. The zero-order valence-electron chi connectivity index (χ0n) is 12.2. The van der Waals surface area contributed by atoms with E-state index in [-0.39, 0.29) is 10.8 Å². The lowest BCUT2D eigenvalue weighted by Gasteiger charge is -2.31. The molecule has 1 aliphatic carbocycles. The molecule has 1 fully saturated rings. The quantitative estimate of drug-likeness (QED) is 0.419. The molecule has 112 valence electrons. The van der Waals surface area contributed by atoms with Crippen LogP contribution in [0.2, 0.25) is 0 Å². The number of carbonyl (C=O) groups excluding carboxylic acids is 1. The molecule has 1 aliphatic rings. The van der Waals surface area contributed by atoms with E-state index in [9.17, 15) is 4.79 Å². The summed E-state index contributed by atoms with van der Waals surface area (Å²) in [6.45, 7) is 2.69. The zero-order chi connectivity index (χ0) is 14.1. The van der Waals surface area contributed by atoms with Gasteiger partial charge in [0.25, 0.3) is 0 Å². The lowest BCUT2D eigenvalue weighted by molar-refractivity contribution is -0.139. The van der Waals surface area contributed by atoms with Crippen LogP contribution in [0, 0.1) is 0 Å². The third-order valence-electron chi connectivity index (χ3n) is 3.84. The van der Waals surface area contributed by atoms with E-state index in [1.54, 1.807) is 0 Å². The second kappa shape index (κ2) is 9.72. The molecule has 0 saturated heterocycles. The minimum Gasteiger partial charge on any atom is -0.468 e. The molecule has 1 unspecified atom stereocenters. The monoisotopic (exact) mass is 334 g/mol. The first-order valence-electron chi connectivity index (χ1n) is 7.28. The molecule has 1 saturated carbocycles. The van der Waals surface area contributed by atoms with Crippen molar-refractivity contribution in [1.29, 1.82) is 0 Å². The fraction of sp³-hybridized carbons (Fsp3) is 0.929. The van der Waals surface area contributed by atoms with Gasteiger partial charge in [-0.25, -0.2) is 0 Å². The van der Waals surface area contributed by atoms with Crippen molar-refractivity contribution in [2.24, 2.45) is 0 Å². The number of hydrogen-bond acceptors (Lipinski definition) is 4. The molecule has 0 bridgehead atoms. The Morgan fingerprint density at radius 3 is 2.74 bits per heavy atom. The fourth-order valence-corrected chi connectivity index (χ4v) is 3.01. The lowest BCUT2D eigenvalue weighted by atomic mass is 9.94. The smallest absolute Gasteiger partial charge is 0.320 e. The number of ether oxygens (including phenoxy) is 1. The van der Waals surface area contributed by atoms with Crippen LogP contribution in [0.15, 0.2) is 0 Å². The molecule has 0 radical (unpaired) electrons. The molecule has 0 aromatic rings. The molecule has 1 N–H and O–H groups in total. The Morgan fingerprint density at radius 2 is 2.11 bits per heavy atom. The average Bonchev–Trinajstić information content (AvgIpc) is 2.46. The second-order valence-corrected chi connectivity index (χ2v) is 6.43. The summed E-state index contributed by atoms with van der Waals surface area (Å²) in [4.78, 5) is 13.4. The number of rotatable bonds is 8. The van der Waals surface area contributed by atoms with Gasteiger partial charge in [0.2, 0.25) is 0 Å². The van der Waals surface area contributed by atoms with Gasteiger partial charge in [0.1, 0.15) is 4.83 Å². The highest BCUT2D eigenvalue weighted by Crippen LogP contribution is 2.21. The van der Waals surface area contributed by atoms with Crippen molar-refractivity contribution in [2.75, 3.05) is 33.8 Å². The van der Waals surface area contributed by atoms with Crippen LogP contribution in [0.25, 0.3) is 0 Å². The van der Waals surface area contributed by atoms with Gasteiger partial charge in [0.15, 0.2) is 0 Å². The van der Waals surface area contributed by atoms with Crippen LogP contribution in [-0.2, 0) is 9.53 Å². The molecule has 0 heterocycles. The standard InChI is InChI=1S/C14H27BrN2O2/c1-17(12-7-4-3-5-8-12)10-6-9-16-11-13(15)14(18)19-2/h12-13,16H,3-11H2,1-2H3. The summed E-state index contributed by atoms with van der Waals surface area (Å²) in [5.41, 5.74) is 0. The van der Waals surface area contributed by atoms with E-state index in [2.05, 4.69) is 37.9 Å². The normalized spacial score (nSPS) is 18.5. The molecule has 1 rings (SSSR count). The van der Waals surface area contributed by atoms with Crippen molar-refractivity contribution in [2.45, 2.75) is 49.4 Å². The topological polar surface area (TPSA) is 41.6 Å². The summed E-state index contributed by atoms with van der Waals surface area (Å²) in [6.07, 6.45) is 8.01. The third-order valence-corrected chi connectivity index (χ3v) is 4.54. The van der Waals surface area contributed by atoms with E-state index in [1.807, 2.05) is 0 Å². The highest BCUT2D eigenvalue weighted by Gasteiger charge is 2.17. The van der Waals surface area contributed by atoms with Crippen molar-refractivity contribution in [3.8, 4) is 0 Å². The van der Waals surface area contributed by atoms with Crippen molar-refractivity contribution in [1.82, 2.24) is 10.2 Å². The maximum atomic E-state index is 11.2. The number of alkyl halides is 1. The maximum absolute atomic E-state index is 11.2. The second-order valence-electron chi connectivity index (χ2n) is 5.32. The molecule has 4 nitrogen and oxygen atoms in total. The van der Waals surface area contributed by atoms with E-state index in [1.165, 1.54) is 39.2 Å². The summed E-state index contributed by atoms with van der Waals surface area (Å²) >= 11 is 3.30. The van der Waals surface area contributed by atoms with Gasteiger partial charge < -0.3 is 15.0 Å². The van der Waals surface area contributed by atoms with Gasteiger partial charge in [-0.3, -0.25) is 4.79 Å². The molecule has 19 heavy (non-hydrogen) atoms. The van der Waals surface area contributed by atoms with Gasteiger partial charge in [-0.15, -0.1) is 0 Å². The molecule has 5 heteroatoms. The first-order chi connectivity index (χ1) is 9.15. The van der Waals surface area contributed by atoms with Crippen molar-refractivity contribution in [3.63, 3.8) is 0 Å². The molecular formula is C14H27BrN2O2. The number of nitrogens with one attached hydrogen (secondary N) is 1. The molecule has 1 atom stereocenters. The van der Waals surface area contributed by atoms with E-state index in [4.69, 9.17) is 0 Å². The Morgan fingerprint density at radius 1 is 1.42 bits per heavy atom. The minimum atomic E-state index is -0.242. The third kappa shape index (κ3) is 6.72. The van der Waals surface area contributed by atoms with Gasteiger partial charge in [-0.05, 0) is 39.4 Å². The molecule has 0 spiro atoms. The number of hydrogen-bond donors (Lipinski definition) is 1. The number of nitrogens with zero attached hydrogens (tertiary/aromatic N) is 1. The van der Waals surface area contributed by atoms with Gasteiger partial charge in [-0.1, -0.05) is 35.2 Å². The van der Waals surface area contributed by atoms with E-state index in [0.29, 0.717) is 6.54 Å². The van der Waals surface area contributed by atoms with Crippen molar-refractivity contribution >= 4 is 21.9 Å². The minimum absolute atomic E-state index is 0.216. The summed E-state index contributed by atoms with van der Waals surface area (Å²) in [5, 5.41) is 3.28. The van der Waals surface area contributed by atoms with Crippen LogP contribution >= 0.6 is 15.9 Å². The Hall–Kier alpha value is -0.130. The number of methoxy groups -OCH3 is 1. The average molecular weight is 335 g/mol. The van der Waals surface area contributed by atoms with E-state index in [0.717, 1.165) is 25.6 Å². The highest BCUT2D eigenvalue weighted by atomic mass is 79.9. The molecule has 0 aliphatic heterocycles. The van der Waals surface area contributed by atoms with Crippen LogP contribution in [0.4, 0.5) is 0 Å². The predicted octanol–water partition coefficient (Wildman–Crippen LogP) is 2.17. The van der Waals surface area contributed by atoms with E-state index >= 15 is 0 Å². The number of esters is 1. The summed E-state index contributed by atoms with van der Waals surface area (Å²) in [6, 6.07) is 0.785. The Kier molecular flexibility index (Phi) is 8.66. The highest BCUT2D eigenvalue weighted by molar-refractivity contribution is 9.10. The van der Waals surface area contributed by atoms with Crippen LogP contribution in [0.5, 0.6) is 0 Å². The molecule has 0 aromatic heterocycles. The Labute approximate surface area is 125 Å². The maximum Gasteiger partial charge on any atom is 0.320 e. The first-order valence-corrected chi connectivity index (χ1v) is 8.19. The van der Waals surface area contributed by atoms with Crippen LogP contribution in [0.1, 0.15) is 38.5 Å². The zero-order valence-corrected chi connectivity index (χ0v) is 13.7. The van der Waals surface area contributed by atoms with Crippen LogP contribution in [0.3, 0.4) is 0 Å². The predicted molar refractivity (Wildman–Crippen MR) is 81.7 cm³/mol. The van der Waals surface area contributed by atoms with Crippen LogP contribution < -0.4 is 5.32 Å². The Bertz CT molecular complexity index is 258. The molecular weight excluding hydrogens is 308 g/mol. The molecule has 0 aromatic carbocycles.